The lowest BCUT2D eigenvalue weighted by Crippen LogP contribution is -2.42. The van der Waals surface area contributed by atoms with Crippen LogP contribution >= 0.6 is 0 Å². The molecule has 1 unspecified atom stereocenters. The number of anilines is 1. The first-order valence-electron chi connectivity index (χ1n) is 10.5. The Balaban J connectivity index is 1.32. The minimum absolute atomic E-state index is 0.0458. The molecule has 4 rings (SSSR count). The van der Waals surface area contributed by atoms with Crippen molar-refractivity contribution < 1.29 is 14.3 Å². The summed E-state index contributed by atoms with van der Waals surface area (Å²) in [4.78, 5) is 32.8. The van der Waals surface area contributed by atoms with Gasteiger partial charge in [-0.05, 0) is 48.4 Å². The Morgan fingerprint density at radius 2 is 1.91 bits per heavy atom. The Kier molecular flexibility index (Phi) is 6.60. The smallest absolute Gasteiger partial charge is 0.249 e. The Morgan fingerprint density at radius 1 is 1.12 bits per heavy atom. The molecule has 2 amide bonds. The summed E-state index contributed by atoms with van der Waals surface area (Å²) in [6.45, 7) is 1.05. The van der Waals surface area contributed by atoms with E-state index in [0.717, 1.165) is 22.6 Å². The van der Waals surface area contributed by atoms with Gasteiger partial charge in [0.2, 0.25) is 11.8 Å². The number of ether oxygens (including phenoxy) is 1. The maximum absolute atomic E-state index is 12.8. The monoisotopic (exact) mass is 427 g/mol. The Morgan fingerprint density at radius 3 is 2.62 bits per heavy atom. The van der Waals surface area contributed by atoms with Crippen LogP contribution in [0.1, 0.15) is 17.5 Å². The standard InChI is InChI=1S/C26H25N3O3/c1-28(24-15-17-29(26(24)31)22-7-3-2-4-8-22)25(30)14-11-20-9-12-23(13-10-20)32-19-21-6-5-16-27-18-21/h2-14,16,18,24H,15,17,19H2,1H3. The van der Waals surface area contributed by atoms with Crippen LogP contribution in [0.2, 0.25) is 0 Å². The second kappa shape index (κ2) is 9.92. The molecule has 0 bridgehead atoms. The van der Waals surface area contributed by atoms with Crippen molar-refractivity contribution >= 4 is 23.6 Å². The quantitative estimate of drug-likeness (QED) is 0.536. The molecule has 2 aromatic carbocycles. The summed E-state index contributed by atoms with van der Waals surface area (Å²) in [7, 11) is 1.68. The first-order chi connectivity index (χ1) is 15.6. The summed E-state index contributed by atoms with van der Waals surface area (Å²) in [5.41, 5.74) is 2.74. The number of nitrogens with zero attached hydrogens (tertiary/aromatic N) is 3. The second-order valence-corrected chi connectivity index (χ2v) is 7.63. The van der Waals surface area contributed by atoms with E-state index in [-0.39, 0.29) is 11.8 Å². The molecule has 2 heterocycles. The maximum Gasteiger partial charge on any atom is 0.249 e. The molecule has 0 saturated carbocycles. The van der Waals surface area contributed by atoms with Crippen LogP contribution in [-0.4, -0.2) is 41.3 Å². The minimum Gasteiger partial charge on any atom is -0.489 e. The van der Waals surface area contributed by atoms with Crippen molar-refractivity contribution in [2.75, 3.05) is 18.5 Å². The number of rotatable bonds is 7. The SMILES string of the molecule is CN(C(=O)C=Cc1ccc(OCc2cccnc2)cc1)C1CCN(c2ccccc2)C1=O. The molecule has 6 heteroatoms. The van der Waals surface area contributed by atoms with Gasteiger partial charge in [0.1, 0.15) is 18.4 Å². The number of para-hydroxylation sites is 1. The van der Waals surface area contributed by atoms with Crippen LogP contribution in [0.4, 0.5) is 5.69 Å². The number of pyridine rings is 1. The van der Waals surface area contributed by atoms with E-state index in [1.807, 2.05) is 66.7 Å². The van der Waals surface area contributed by atoms with Gasteiger partial charge in [-0.3, -0.25) is 14.6 Å². The Hall–Kier alpha value is -3.93. The van der Waals surface area contributed by atoms with Crippen molar-refractivity contribution in [3.63, 3.8) is 0 Å². The molecular formula is C26H25N3O3. The van der Waals surface area contributed by atoms with Gasteiger partial charge < -0.3 is 14.5 Å². The van der Waals surface area contributed by atoms with Crippen molar-refractivity contribution in [1.29, 1.82) is 0 Å². The fourth-order valence-electron chi connectivity index (χ4n) is 3.65. The van der Waals surface area contributed by atoms with Gasteiger partial charge in [0.05, 0.1) is 0 Å². The van der Waals surface area contributed by atoms with Crippen LogP contribution in [0.15, 0.2) is 85.2 Å². The third-order valence-corrected chi connectivity index (χ3v) is 5.49. The molecule has 0 radical (unpaired) electrons. The van der Waals surface area contributed by atoms with Crippen LogP contribution in [0, 0.1) is 0 Å². The molecule has 1 atom stereocenters. The van der Waals surface area contributed by atoms with Gasteiger partial charge in [-0.25, -0.2) is 0 Å². The fourth-order valence-corrected chi connectivity index (χ4v) is 3.65. The van der Waals surface area contributed by atoms with Crippen LogP contribution in [0.5, 0.6) is 5.75 Å². The summed E-state index contributed by atoms with van der Waals surface area (Å²) in [6, 6.07) is 20.4. The average molecular weight is 428 g/mol. The zero-order valence-corrected chi connectivity index (χ0v) is 17.9. The second-order valence-electron chi connectivity index (χ2n) is 7.63. The Labute approximate surface area is 187 Å². The van der Waals surface area contributed by atoms with Crippen molar-refractivity contribution in [1.82, 2.24) is 9.88 Å². The summed E-state index contributed by atoms with van der Waals surface area (Å²) >= 11 is 0. The van der Waals surface area contributed by atoms with E-state index >= 15 is 0 Å². The molecule has 0 aliphatic carbocycles. The predicted molar refractivity (Wildman–Crippen MR) is 124 cm³/mol. The summed E-state index contributed by atoms with van der Waals surface area (Å²) in [5.74, 6) is 0.498. The molecule has 1 aliphatic rings. The van der Waals surface area contributed by atoms with Crippen LogP contribution in [0.25, 0.3) is 6.08 Å². The van der Waals surface area contributed by atoms with E-state index in [0.29, 0.717) is 19.6 Å². The van der Waals surface area contributed by atoms with Crippen LogP contribution < -0.4 is 9.64 Å². The number of carbonyl (C=O) groups excluding carboxylic acids is 2. The number of likely N-dealkylation sites (N-methyl/N-ethyl adjacent to an activating group) is 1. The highest BCUT2D eigenvalue weighted by Crippen LogP contribution is 2.24. The number of hydrogen-bond acceptors (Lipinski definition) is 4. The minimum atomic E-state index is -0.449. The highest BCUT2D eigenvalue weighted by molar-refractivity contribution is 6.03. The first-order valence-corrected chi connectivity index (χ1v) is 10.5. The van der Waals surface area contributed by atoms with E-state index in [1.165, 1.54) is 11.0 Å². The lowest BCUT2D eigenvalue weighted by atomic mass is 10.2. The van der Waals surface area contributed by atoms with Gasteiger partial charge >= 0.3 is 0 Å². The van der Waals surface area contributed by atoms with E-state index in [1.54, 1.807) is 30.4 Å². The third-order valence-electron chi connectivity index (χ3n) is 5.49. The number of carbonyl (C=O) groups is 2. The lowest BCUT2D eigenvalue weighted by molar-refractivity contribution is -0.132. The lowest BCUT2D eigenvalue weighted by Gasteiger charge is -2.23. The summed E-state index contributed by atoms with van der Waals surface area (Å²) in [5, 5.41) is 0. The van der Waals surface area contributed by atoms with Gasteiger partial charge in [0.15, 0.2) is 0 Å². The maximum atomic E-state index is 12.8. The molecule has 3 aromatic rings. The molecule has 1 saturated heterocycles. The van der Waals surface area contributed by atoms with Crippen LogP contribution in [-0.2, 0) is 16.2 Å². The van der Waals surface area contributed by atoms with Crippen molar-refractivity contribution in [3.05, 3.63) is 96.3 Å². The van der Waals surface area contributed by atoms with Gasteiger partial charge in [0, 0.05) is 43.3 Å². The normalized spacial score (nSPS) is 15.8. The number of aromatic nitrogens is 1. The van der Waals surface area contributed by atoms with E-state index in [4.69, 9.17) is 4.74 Å². The summed E-state index contributed by atoms with van der Waals surface area (Å²) < 4.78 is 5.76. The molecule has 6 nitrogen and oxygen atoms in total. The number of hydrogen-bond donors (Lipinski definition) is 0. The molecule has 0 spiro atoms. The fraction of sp³-hybridized carbons (Fsp3) is 0.192. The van der Waals surface area contributed by atoms with Crippen molar-refractivity contribution in [2.24, 2.45) is 0 Å². The van der Waals surface area contributed by atoms with Crippen molar-refractivity contribution in [3.8, 4) is 5.75 Å². The van der Waals surface area contributed by atoms with Gasteiger partial charge in [-0.2, -0.15) is 0 Å². The Bertz CT molecular complexity index is 1080. The molecule has 0 N–H and O–H groups in total. The average Bonchev–Trinajstić information content (AvgIpc) is 3.23. The zero-order valence-electron chi connectivity index (χ0n) is 17.9. The number of benzene rings is 2. The molecule has 32 heavy (non-hydrogen) atoms. The van der Waals surface area contributed by atoms with Gasteiger partial charge in [-0.15, -0.1) is 0 Å². The third kappa shape index (κ3) is 5.03. The molecule has 162 valence electrons. The zero-order chi connectivity index (χ0) is 22.3. The molecule has 1 aromatic heterocycles. The van der Waals surface area contributed by atoms with E-state index in [9.17, 15) is 9.59 Å². The summed E-state index contributed by atoms with van der Waals surface area (Å²) in [6.07, 6.45) is 7.37. The topological polar surface area (TPSA) is 62.7 Å². The van der Waals surface area contributed by atoms with E-state index in [2.05, 4.69) is 4.98 Å². The van der Waals surface area contributed by atoms with Crippen molar-refractivity contribution in [2.45, 2.75) is 19.1 Å². The number of amides is 2. The van der Waals surface area contributed by atoms with Gasteiger partial charge in [0.25, 0.3) is 0 Å². The molecule has 1 fully saturated rings. The van der Waals surface area contributed by atoms with E-state index < -0.39 is 6.04 Å². The largest absolute Gasteiger partial charge is 0.489 e. The highest BCUT2D eigenvalue weighted by atomic mass is 16.5. The first kappa shape index (κ1) is 21.3. The molecule has 1 aliphatic heterocycles. The van der Waals surface area contributed by atoms with Gasteiger partial charge in [-0.1, -0.05) is 36.4 Å². The highest BCUT2D eigenvalue weighted by Gasteiger charge is 2.36. The predicted octanol–water partition coefficient (Wildman–Crippen LogP) is 3.94. The van der Waals surface area contributed by atoms with Crippen LogP contribution in [0.3, 0.4) is 0 Å². The molecular weight excluding hydrogens is 402 g/mol.